The fourth-order valence-corrected chi connectivity index (χ4v) is 1.21. The van der Waals surface area contributed by atoms with Gasteiger partial charge in [0.15, 0.2) is 0 Å². The molecule has 0 N–H and O–H groups in total. The van der Waals surface area contributed by atoms with Crippen LogP contribution >= 0.6 is 0 Å². The maximum absolute atomic E-state index is 5.32. The van der Waals surface area contributed by atoms with Crippen molar-refractivity contribution in [3.63, 3.8) is 0 Å². The molecule has 0 amide bonds. The van der Waals surface area contributed by atoms with Crippen LogP contribution in [0.25, 0.3) is 0 Å². The van der Waals surface area contributed by atoms with Crippen LogP contribution in [0.5, 0.6) is 5.75 Å². The molecule has 0 heterocycles. The van der Waals surface area contributed by atoms with Crippen LogP contribution in [0.3, 0.4) is 0 Å². The summed E-state index contributed by atoms with van der Waals surface area (Å²) in [4.78, 5) is 0. The number of terminal acetylenes is 2. The lowest BCUT2D eigenvalue weighted by Crippen LogP contribution is -1.93. The summed E-state index contributed by atoms with van der Waals surface area (Å²) in [6.45, 7) is 1.95. The van der Waals surface area contributed by atoms with Gasteiger partial charge < -0.3 is 4.74 Å². The smallest absolute Gasteiger partial charge is 0.150 e. The molecule has 1 rings (SSSR count). The molecule has 1 heteroatoms. The monoisotopic (exact) mass is 170 g/mol. The maximum Gasteiger partial charge on any atom is 0.150 e. The van der Waals surface area contributed by atoms with Gasteiger partial charge in [0, 0.05) is 0 Å². The van der Waals surface area contributed by atoms with Crippen LogP contribution in [0.2, 0.25) is 0 Å². The van der Waals surface area contributed by atoms with Gasteiger partial charge in [-0.1, -0.05) is 11.8 Å². The van der Waals surface area contributed by atoms with Crippen LogP contribution in [-0.4, -0.2) is 7.11 Å². The van der Waals surface area contributed by atoms with Crippen molar-refractivity contribution in [2.75, 3.05) is 7.11 Å². The average Bonchev–Trinajstić information content (AvgIpc) is 2.16. The van der Waals surface area contributed by atoms with Crippen LogP contribution in [0.4, 0.5) is 0 Å². The highest BCUT2D eigenvalue weighted by atomic mass is 16.5. The van der Waals surface area contributed by atoms with Gasteiger partial charge in [-0.3, -0.25) is 0 Å². The zero-order valence-corrected chi connectivity index (χ0v) is 7.72. The standard InChI is InChI=1S/C12H10O/c1-5-10-7-9(3)8-11(6-2)12(10)13-4/h1-2,7-8H,3-4H3. The molecule has 0 spiro atoms. The number of aryl methyl sites for hydroxylation is 1. The summed E-state index contributed by atoms with van der Waals surface area (Å²) in [6.07, 6.45) is 10.6. The molecule has 0 aliphatic heterocycles. The van der Waals surface area contributed by atoms with Crippen molar-refractivity contribution < 1.29 is 4.74 Å². The topological polar surface area (TPSA) is 9.23 Å². The van der Waals surface area contributed by atoms with Crippen molar-refractivity contribution in [1.29, 1.82) is 0 Å². The number of ether oxygens (including phenoxy) is 1. The van der Waals surface area contributed by atoms with Crippen LogP contribution in [0.1, 0.15) is 16.7 Å². The Balaban J connectivity index is 3.47. The van der Waals surface area contributed by atoms with Crippen molar-refractivity contribution in [3.05, 3.63) is 28.8 Å². The first-order valence-electron chi connectivity index (χ1n) is 3.84. The van der Waals surface area contributed by atoms with Crippen molar-refractivity contribution >= 4 is 0 Å². The van der Waals surface area contributed by atoms with E-state index in [2.05, 4.69) is 11.8 Å². The molecular weight excluding hydrogens is 160 g/mol. The van der Waals surface area contributed by atoms with E-state index in [0.717, 1.165) is 5.56 Å². The molecule has 1 nitrogen and oxygen atoms in total. The zero-order chi connectivity index (χ0) is 9.84. The zero-order valence-electron chi connectivity index (χ0n) is 7.72. The SMILES string of the molecule is C#Cc1cc(C)cc(C#C)c1OC. The highest BCUT2D eigenvalue weighted by Crippen LogP contribution is 2.23. The predicted molar refractivity (Wildman–Crippen MR) is 53.6 cm³/mol. The summed E-state index contributed by atoms with van der Waals surface area (Å²) >= 11 is 0. The second kappa shape index (κ2) is 3.70. The maximum atomic E-state index is 5.32. The third kappa shape index (κ3) is 1.66. The van der Waals surface area contributed by atoms with Crippen molar-refractivity contribution in [3.8, 4) is 30.4 Å². The first-order valence-corrected chi connectivity index (χ1v) is 3.84. The minimum Gasteiger partial charge on any atom is -0.494 e. The lowest BCUT2D eigenvalue weighted by Gasteiger charge is -2.07. The Labute approximate surface area is 78.7 Å². The molecule has 1 aromatic carbocycles. The van der Waals surface area contributed by atoms with E-state index in [1.807, 2.05) is 19.1 Å². The second-order valence-corrected chi connectivity index (χ2v) is 2.68. The Morgan fingerprint density at radius 1 is 1.15 bits per heavy atom. The first-order chi connectivity index (χ1) is 6.22. The molecule has 0 unspecified atom stereocenters. The van der Waals surface area contributed by atoms with E-state index in [9.17, 15) is 0 Å². The van der Waals surface area contributed by atoms with Gasteiger partial charge >= 0.3 is 0 Å². The Morgan fingerprint density at radius 2 is 1.62 bits per heavy atom. The highest BCUT2D eigenvalue weighted by Gasteiger charge is 2.06. The normalized spacial score (nSPS) is 8.62. The van der Waals surface area contributed by atoms with Gasteiger partial charge in [-0.2, -0.15) is 0 Å². The average molecular weight is 170 g/mol. The molecule has 13 heavy (non-hydrogen) atoms. The van der Waals surface area contributed by atoms with E-state index in [0.29, 0.717) is 16.9 Å². The van der Waals surface area contributed by atoms with Gasteiger partial charge in [0.25, 0.3) is 0 Å². The number of rotatable bonds is 1. The molecule has 0 aromatic heterocycles. The summed E-state index contributed by atoms with van der Waals surface area (Å²) in [6, 6.07) is 3.75. The molecule has 1 aromatic rings. The molecule has 64 valence electrons. The van der Waals surface area contributed by atoms with Crippen LogP contribution in [0, 0.1) is 31.6 Å². The van der Waals surface area contributed by atoms with Crippen LogP contribution in [-0.2, 0) is 0 Å². The molecule has 0 saturated heterocycles. The van der Waals surface area contributed by atoms with Crippen LogP contribution in [0.15, 0.2) is 12.1 Å². The van der Waals surface area contributed by atoms with Crippen molar-refractivity contribution in [2.24, 2.45) is 0 Å². The summed E-state index contributed by atoms with van der Waals surface area (Å²) in [5, 5.41) is 0. The quantitative estimate of drug-likeness (QED) is 0.585. The number of benzene rings is 1. The Kier molecular flexibility index (Phi) is 2.62. The van der Waals surface area contributed by atoms with E-state index in [1.165, 1.54) is 0 Å². The van der Waals surface area contributed by atoms with E-state index < -0.39 is 0 Å². The van der Waals surface area contributed by atoms with Gasteiger partial charge in [-0.05, 0) is 24.6 Å². The molecule has 0 saturated carbocycles. The predicted octanol–water partition coefficient (Wildman–Crippen LogP) is 1.97. The van der Waals surface area contributed by atoms with Crippen LogP contribution < -0.4 is 4.74 Å². The first kappa shape index (κ1) is 9.23. The van der Waals surface area contributed by atoms with Gasteiger partial charge in [-0.15, -0.1) is 12.8 Å². The van der Waals surface area contributed by atoms with Gasteiger partial charge in [0.1, 0.15) is 5.75 Å². The third-order valence-corrected chi connectivity index (χ3v) is 1.75. The Bertz CT molecular complexity index is 367. The number of hydrogen-bond acceptors (Lipinski definition) is 1. The van der Waals surface area contributed by atoms with E-state index in [-0.39, 0.29) is 0 Å². The number of methoxy groups -OCH3 is 1. The van der Waals surface area contributed by atoms with Crippen molar-refractivity contribution in [1.82, 2.24) is 0 Å². The molecule has 0 bridgehead atoms. The fourth-order valence-electron chi connectivity index (χ4n) is 1.21. The minimum absolute atomic E-state index is 0.607. The van der Waals surface area contributed by atoms with Gasteiger partial charge in [0.05, 0.1) is 18.2 Å². The molecule has 0 atom stereocenters. The van der Waals surface area contributed by atoms with E-state index >= 15 is 0 Å². The Hall–Kier alpha value is -1.86. The lowest BCUT2D eigenvalue weighted by atomic mass is 10.1. The number of hydrogen-bond donors (Lipinski definition) is 0. The largest absolute Gasteiger partial charge is 0.494 e. The highest BCUT2D eigenvalue weighted by molar-refractivity contribution is 5.57. The summed E-state index contributed by atoms with van der Waals surface area (Å²) in [5.41, 5.74) is 2.45. The second-order valence-electron chi connectivity index (χ2n) is 2.68. The summed E-state index contributed by atoms with van der Waals surface area (Å²) in [5.74, 6) is 5.69. The molecule has 0 aliphatic rings. The third-order valence-electron chi connectivity index (χ3n) is 1.75. The molecule has 0 fully saturated rings. The van der Waals surface area contributed by atoms with Crippen molar-refractivity contribution in [2.45, 2.75) is 6.92 Å². The fraction of sp³-hybridized carbons (Fsp3) is 0.167. The molecular formula is C12H10O. The lowest BCUT2D eigenvalue weighted by molar-refractivity contribution is 0.412. The summed E-state index contributed by atoms with van der Waals surface area (Å²) < 4.78 is 5.13. The van der Waals surface area contributed by atoms with E-state index in [1.54, 1.807) is 7.11 Å². The molecule has 0 aliphatic carbocycles. The summed E-state index contributed by atoms with van der Waals surface area (Å²) in [7, 11) is 1.56. The van der Waals surface area contributed by atoms with Gasteiger partial charge in [0.2, 0.25) is 0 Å². The van der Waals surface area contributed by atoms with E-state index in [4.69, 9.17) is 17.6 Å². The van der Waals surface area contributed by atoms with Gasteiger partial charge in [-0.25, -0.2) is 0 Å². The minimum atomic E-state index is 0.607. The molecule has 0 radical (unpaired) electrons. The Morgan fingerprint density at radius 3 is 1.92 bits per heavy atom.